The van der Waals surface area contributed by atoms with E-state index < -0.39 is 12.7 Å². The Bertz CT molecular complexity index is 396. The molecule has 3 nitrogen and oxygen atoms in total. The number of benzene rings is 1. The molecule has 0 unspecified atom stereocenters. The predicted molar refractivity (Wildman–Crippen MR) is 72.6 cm³/mol. The number of hydrogen-bond acceptors (Lipinski definition) is 3. The van der Waals surface area contributed by atoms with Crippen LogP contribution in [-0.2, 0) is 6.54 Å². The monoisotopic (exact) mass is 290 g/mol. The number of ether oxygens (including phenoxy) is 1. The van der Waals surface area contributed by atoms with E-state index in [-0.39, 0.29) is 0 Å². The summed E-state index contributed by atoms with van der Waals surface area (Å²) in [5, 5.41) is 0. The van der Waals surface area contributed by atoms with Gasteiger partial charge in [0.1, 0.15) is 5.75 Å². The molecule has 0 spiro atoms. The molecule has 0 radical (unpaired) electrons. The van der Waals surface area contributed by atoms with Gasteiger partial charge >= 0.3 is 6.18 Å². The Labute approximate surface area is 117 Å². The van der Waals surface area contributed by atoms with Gasteiger partial charge < -0.3 is 10.5 Å². The van der Waals surface area contributed by atoms with Crippen LogP contribution < -0.4 is 10.5 Å². The van der Waals surface area contributed by atoms with Gasteiger partial charge in [-0.15, -0.1) is 0 Å². The van der Waals surface area contributed by atoms with E-state index in [1.807, 2.05) is 24.3 Å². The van der Waals surface area contributed by atoms with Gasteiger partial charge in [-0.05, 0) is 19.0 Å². The van der Waals surface area contributed by atoms with Crippen LogP contribution in [0.5, 0.6) is 5.75 Å². The first-order valence-electron chi connectivity index (χ1n) is 6.66. The van der Waals surface area contributed by atoms with Crippen LogP contribution in [0.1, 0.15) is 18.9 Å². The van der Waals surface area contributed by atoms with Gasteiger partial charge in [-0.2, -0.15) is 13.2 Å². The first-order chi connectivity index (χ1) is 9.46. The highest BCUT2D eigenvalue weighted by molar-refractivity contribution is 5.32. The van der Waals surface area contributed by atoms with Crippen molar-refractivity contribution in [2.75, 3.05) is 26.2 Å². The molecule has 0 heterocycles. The molecule has 0 aliphatic carbocycles. The molecule has 114 valence electrons. The molecule has 0 bridgehead atoms. The van der Waals surface area contributed by atoms with Gasteiger partial charge in [0.25, 0.3) is 0 Å². The zero-order valence-corrected chi connectivity index (χ0v) is 11.6. The van der Waals surface area contributed by atoms with Crippen molar-refractivity contribution < 1.29 is 17.9 Å². The van der Waals surface area contributed by atoms with Crippen LogP contribution in [0.3, 0.4) is 0 Å². The molecule has 0 fully saturated rings. The fourth-order valence-corrected chi connectivity index (χ4v) is 1.89. The molecule has 0 aromatic heterocycles. The highest BCUT2D eigenvalue weighted by Crippen LogP contribution is 2.18. The number of nitrogens with zero attached hydrogens (tertiary/aromatic N) is 1. The predicted octanol–water partition coefficient (Wildman–Crippen LogP) is 2.80. The Kier molecular flexibility index (Phi) is 6.81. The van der Waals surface area contributed by atoms with Crippen LogP contribution in [0, 0.1) is 0 Å². The van der Waals surface area contributed by atoms with Crippen LogP contribution >= 0.6 is 0 Å². The number of hydrogen-bond donors (Lipinski definition) is 1. The average molecular weight is 290 g/mol. The maximum Gasteiger partial charge on any atom is 0.401 e. The molecule has 6 heteroatoms. The number of alkyl halides is 3. The molecule has 20 heavy (non-hydrogen) atoms. The zero-order chi connectivity index (χ0) is 15.0. The van der Waals surface area contributed by atoms with Crippen LogP contribution in [0.15, 0.2) is 24.3 Å². The summed E-state index contributed by atoms with van der Waals surface area (Å²) >= 11 is 0. The molecule has 2 N–H and O–H groups in total. The molecule has 0 aliphatic rings. The van der Waals surface area contributed by atoms with E-state index in [1.165, 1.54) is 4.90 Å². The maximum absolute atomic E-state index is 12.3. The fraction of sp³-hybridized carbons (Fsp3) is 0.571. The number of nitrogens with two attached hydrogens (primary N) is 1. The summed E-state index contributed by atoms with van der Waals surface area (Å²) < 4.78 is 42.4. The van der Waals surface area contributed by atoms with Gasteiger partial charge in [0.05, 0.1) is 13.2 Å². The van der Waals surface area contributed by atoms with Crippen molar-refractivity contribution in [2.24, 2.45) is 5.73 Å². The Morgan fingerprint density at radius 2 is 1.95 bits per heavy atom. The van der Waals surface area contributed by atoms with Crippen molar-refractivity contribution in [1.29, 1.82) is 0 Å². The second kappa shape index (κ2) is 8.11. The molecule has 0 saturated carbocycles. The number of rotatable bonds is 8. The Hall–Kier alpha value is -1.27. The molecule has 0 aliphatic heterocycles. The summed E-state index contributed by atoms with van der Waals surface area (Å²) in [6.45, 7) is 2.34. The Morgan fingerprint density at radius 1 is 1.25 bits per heavy atom. The van der Waals surface area contributed by atoms with Gasteiger partial charge in [0, 0.05) is 18.7 Å². The van der Waals surface area contributed by atoms with E-state index in [2.05, 4.69) is 0 Å². The smallest absolute Gasteiger partial charge is 0.401 e. The minimum absolute atomic E-state index is 0.362. The zero-order valence-electron chi connectivity index (χ0n) is 11.6. The lowest BCUT2D eigenvalue weighted by atomic mass is 10.2. The van der Waals surface area contributed by atoms with Gasteiger partial charge in [-0.1, -0.05) is 25.1 Å². The molecule has 0 saturated heterocycles. The lowest BCUT2D eigenvalue weighted by Crippen LogP contribution is -2.35. The van der Waals surface area contributed by atoms with Crippen LogP contribution in [0.2, 0.25) is 0 Å². The first kappa shape index (κ1) is 16.8. The highest BCUT2D eigenvalue weighted by Gasteiger charge is 2.29. The molecule has 1 aromatic carbocycles. The lowest BCUT2D eigenvalue weighted by Gasteiger charge is -2.21. The SMILES string of the molecule is CCN(CCCOc1ccccc1CN)CC(F)(F)F. The summed E-state index contributed by atoms with van der Waals surface area (Å²) in [5.41, 5.74) is 6.48. The van der Waals surface area contributed by atoms with E-state index in [0.717, 1.165) is 5.56 Å². The summed E-state index contributed by atoms with van der Waals surface area (Å²) in [4.78, 5) is 1.36. The molecular formula is C14H21F3N2O. The fourth-order valence-electron chi connectivity index (χ4n) is 1.89. The third-order valence-electron chi connectivity index (χ3n) is 2.92. The van der Waals surface area contributed by atoms with E-state index in [4.69, 9.17) is 10.5 Å². The second-order valence-corrected chi connectivity index (χ2v) is 4.50. The third kappa shape index (κ3) is 6.25. The molecule has 1 aromatic rings. The molecule has 0 amide bonds. The summed E-state index contributed by atoms with van der Waals surface area (Å²) in [5.74, 6) is 0.703. The van der Waals surface area contributed by atoms with Crippen molar-refractivity contribution >= 4 is 0 Å². The lowest BCUT2D eigenvalue weighted by molar-refractivity contribution is -0.145. The van der Waals surface area contributed by atoms with Gasteiger partial charge in [-0.3, -0.25) is 4.90 Å². The number of para-hydroxylation sites is 1. The molecule has 0 atom stereocenters. The summed E-state index contributed by atoms with van der Waals surface area (Å²) in [6.07, 6.45) is -3.61. The van der Waals surface area contributed by atoms with Gasteiger partial charge in [0.2, 0.25) is 0 Å². The van der Waals surface area contributed by atoms with E-state index in [9.17, 15) is 13.2 Å². The molecule has 1 rings (SSSR count). The van der Waals surface area contributed by atoms with Crippen molar-refractivity contribution in [1.82, 2.24) is 4.90 Å². The van der Waals surface area contributed by atoms with E-state index >= 15 is 0 Å². The van der Waals surface area contributed by atoms with Crippen LogP contribution in [0.25, 0.3) is 0 Å². The van der Waals surface area contributed by atoms with Crippen molar-refractivity contribution in [2.45, 2.75) is 26.1 Å². The first-order valence-corrected chi connectivity index (χ1v) is 6.66. The Balaban J connectivity index is 2.33. The minimum atomic E-state index is -4.15. The van der Waals surface area contributed by atoms with Crippen molar-refractivity contribution in [3.8, 4) is 5.75 Å². The van der Waals surface area contributed by atoms with Crippen molar-refractivity contribution in [3.63, 3.8) is 0 Å². The number of halogens is 3. The van der Waals surface area contributed by atoms with Gasteiger partial charge in [-0.25, -0.2) is 0 Å². The quantitative estimate of drug-likeness (QED) is 0.748. The highest BCUT2D eigenvalue weighted by atomic mass is 19.4. The summed E-state index contributed by atoms with van der Waals surface area (Å²) in [6, 6.07) is 7.40. The van der Waals surface area contributed by atoms with Crippen molar-refractivity contribution in [3.05, 3.63) is 29.8 Å². The van der Waals surface area contributed by atoms with E-state index in [1.54, 1.807) is 6.92 Å². The average Bonchev–Trinajstić information content (AvgIpc) is 2.41. The van der Waals surface area contributed by atoms with E-state index in [0.29, 0.717) is 38.4 Å². The van der Waals surface area contributed by atoms with Crippen LogP contribution in [-0.4, -0.2) is 37.3 Å². The third-order valence-corrected chi connectivity index (χ3v) is 2.92. The standard InChI is InChI=1S/C14H21F3N2O/c1-2-19(11-14(15,16)17)8-5-9-20-13-7-4-3-6-12(13)10-18/h3-4,6-7H,2,5,8-11,18H2,1H3. The Morgan fingerprint density at radius 3 is 2.55 bits per heavy atom. The van der Waals surface area contributed by atoms with Crippen LogP contribution in [0.4, 0.5) is 13.2 Å². The largest absolute Gasteiger partial charge is 0.493 e. The topological polar surface area (TPSA) is 38.5 Å². The summed E-state index contributed by atoms with van der Waals surface area (Å²) in [7, 11) is 0. The minimum Gasteiger partial charge on any atom is -0.493 e. The van der Waals surface area contributed by atoms with Gasteiger partial charge in [0.15, 0.2) is 0 Å². The molecular weight excluding hydrogens is 269 g/mol. The second-order valence-electron chi connectivity index (χ2n) is 4.50. The maximum atomic E-state index is 12.3. The normalized spacial score (nSPS) is 11.9.